The number of aromatic nitrogens is 2. The molecule has 8 heteroatoms. The molecule has 156 valence electrons. The molecule has 5 rings (SSSR count). The van der Waals surface area contributed by atoms with Crippen molar-refractivity contribution in [3.8, 4) is 28.4 Å². The number of aromatic hydroxyl groups is 1. The third kappa shape index (κ3) is 2.95. The first kappa shape index (κ1) is 18.9. The number of carbonyl (C=O) groups excluding carboxylic acids is 1. The molecule has 0 aliphatic carbocycles. The smallest absolute Gasteiger partial charge is 0.312 e. The highest BCUT2D eigenvalue weighted by atomic mass is 16.5. The Bertz CT molecular complexity index is 1400. The van der Waals surface area contributed by atoms with Gasteiger partial charge < -0.3 is 19.0 Å². The van der Waals surface area contributed by atoms with E-state index in [1.165, 1.54) is 19.4 Å². The summed E-state index contributed by atoms with van der Waals surface area (Å²) in [4.78, 5) is 25.6. The molecule has 2 aromatic heterocycles. The number of hydrogen-bond donors (Lipinski definition) is 1. The van der Waals surface area contributed by atoms with Crippen LogP contribution in [0.4, 0.5) is 0 Å². The Morgan fingerprint density at radius 3 is 2.77 bits per heavy atom. The maximum absolute atomic E-state index is 13.4. The Hall–Kier alpha value is -4.07. The topological polar surface area (TPSA) is 104 Å². The molecule has 8 nitrogen and oxygen atoms in total. The van der Waals surface area contributed by atoms with Crippen LogP contribution in [0.5, 0.6) is 17.2 Å². The molecule has 0 radical (unpaired) electrons. The number of esters is 1. The second kappa shape index (κ2) is 7.02. The lowest BCUT2D eigenvalue weighted by molar-refractivity contribution is -0.135. The van der Waals surface area contributed by atoms with Crippen LogP contribution < -0.4 is 14.9 Å². The minimum absolute atomic E-state index is 0.0222. The zero-order chi connectivity index (χ0) is 21.7. The summed E-state index contributed by atoms with van der Waals surface area (Å²) >= 11 is 0. The van der Waals surface area contributed by atoms with Gasteiger partial charge in [-0.25, -0.2) is 0 Å². The van der Waals surface area contributed by atoms with E-state index in [0.717, 1.165) is 5.56 Å². The maximum atomic E-state index is 13.4. The lowest BCUT2D eigenvalue weighted by Gasteiger charge is -2.24. The van der Waals surface area contributed by atoms with Crippen LogP contribution in [0.2, 0.25) is 0 Å². The van der Waals surface area contributed by atoms with Crippen LogP contribution in [0, 0.1) is 0 Å². The van der Waals surface area contributed by atoms with E-state index in [2.05, 4.69) is 5.10 Å². The molecule has 0 saturated heterocycles. The lowest BCUT2D eigenvalue weighted by atomic mass is 9.86. The third-order valence-corrected chi connectivity index (χ3v) is 5.49. The van der Waals surface area contributed by atoms with Crippen molar-refractivity contribution in [1.82, 2.24) is 9.78 Å². The van der Waals surface area contributed by atoms with E-state index in [-0.39, 0.29) is 34.5 Å². The van der Waals surface area contributed by atoms with Gasteiger partial charge in [-0.15, -0.1) is 0 Å². The van der Waals surface area contributed by atoms with Crippen LogP contribution in [-0.4, -0.2) is 28.0 Å². The van der Waals surface area contributed by atoms with Gasteiger partial charge in [0.15, 0.2) is 0 Å². The standard InChI is InChI=1S/C23H18N2O6/c1-25-10-12(9-24-25)14-7-19(27)31-18-8-16(26)21-22(28)15(11-30-23(21)20(14)18)13-5-3-4-6-17(13)29-2/h3-6,8-11,14,26H,7H2,1-2H3/t14-/m0/s1. The third-order valence-electron chi connectivity index (χ3n) is 5.49. The van der Waals surface area contributed by atoms with E-state index in [9.17, 15) is 14.7 Å². The molecule has 0 saturated carbocycles. The highest BCUT2D eigenvalue weighted by molar-refractivity contribution is 5.94. The molecule has 1 aliphatic heterocycles. The second-order valence-electron chi connectivity index (χ2n) is 7.37. The van der Waals surface area contributed by atoms with Gasteiger partial charge in [0.2, 0.25) is 5.43 Å². The summed E-state index contributed by atoms with van der Waals surface area (Å²) in [6, 6.07) is 8.36. The molecular weight excluding hydrogens is 400 g/mol. The van der Waals surface area contributed by atoms with Crippen LogP contribution in [0.3, 0.4) is 0 Å². The highest BCUT2D eigenvalue weighted by Gasteiger charge is 2.34. The number of carbonyl (C=O) groups is 1. The zero-order valence-corrected chi connectivity index (χ0v) is 16.8. The summed E-state index contributed by atoms with van der Waals surface area (Å²) in [5.74, 6) is -0.502. The number of methoxy groups -OCH3 is 1. The summed E-state index contributed by atoms with van der Waals surface area (Å²) in [5, 5.41) is 14.9. The number of hydrogen-bond acceptors (Lipinski definition) is 7. The number of nitrogens with zero attached hydrogens (tertiary/aromatic N) is 2. The largest absolute Gasteiger partial charge is 0.507 e. The van der Waals surface area contributed by atoms with Crippen LogP contribution in [0.1, 0.15) is 23.5 Å². The van der Waals surface area contributed by atoms with Crippen molar-refractivity contribution >= 4 is 16.9 Å². The molecule has 1 N–H and O–H groups in total. The molecule has 3 heterocycles. The first-order valence-corrected chi connectivity index (χ1v) is 9.62. The number of ether oxygens (including phenoxy) is 2. The number of rotatable bonds is 3. The Morgan fingerprint density at radius 2 is 2.03 bits per heavy atom. The first-order valence-electron chi connectivity index (χ1n) is 9.62. The van der Waals surface area contributed by atoms with Gasteiger partial charge in [0, 0.05) is 36.4 Å². The van der Waals surface area contributed by atoms with Crippen LogP contribution in [0.15, 0.2) is 58.2 Å². The molecule has 2 aromatic carbocycles. The van der Waals surface area contributed by atoms with Gasteiger partial charge in [-0.05, 0) is 11.6 Å². The van der Waals surface area contributed by atoms with E-state index in [1.54, 1.807) is 48.4 Å². The Labute approximate surface area is 176 Å². The molecule has 0 fully saturated rings. The summed E-state index contributed by atoms with van der Waals surface area (Å²) in [7, 11) is 3.29. The predicted octanol–water partition coefficient (Wildman–Crippen LogP) is 3.35. The molecule has 0 unspecified atom stereocenters. The number of phenols is 1. The molecule has 4 aromatic rings. The van der Waals surface area contributed by atoms with Gasteiger partial charge >= 0.3 is 5.97 Å². The maximum Gasteiger partial charge on any atom is 0.312 e. The van der Waals surface area contributed by atoms with Gasteiger partial charge in [0.1, 0.15) is 34.5 Å². The molecule has 0 amide bonds. The lowest BCUT2D eigenvalue weighted by Crippen LogP contribution is -2.22. The summed E-state index contributed by atoms with van der Waals surface area (Å²) in [5.41, 5.74) is 1.89. The van der Waals surface area contributed by atoms with Crippen molar-refractivity contribution in [2.75, 3.05) is 7.11 Å². The Balaban J connectivity index is 1.80. The fraction of sp³-hybridized carbons (Fsp3) is 0.174. The van der Waals surface area contributed by atoms with Gasteiger partial charge in [0.25, 0.3) is 0 Å². The normalized spacial score (nSPS) is 15.5. The monoisotopic (exact) mass is 418 g/mol. The number of para-hydroxylation sites is 1. The van der Waals surface area contributed by atoms with E-state index < -0.39 is 17.3 Å². The highest BCUT2D eigenvalue weighted by Crippen LogP contribution is 2.45. The van der Waals surface area contributed by atoms with E-state index in [1.807, 2.05) is 0 Å². The van der Waals surface area contributed by atoms with E-state index in [4.69, 9.17) is 13.9 Å². The van der Waals surface area contributed by atoms with Crippen molar-refractivity contribution in [3.63, 3.8) is 0 Å². The summed E-state index contributed by atoms with van der Waals surface area (Å²) < 4.78 is 18.3. The predicted molar refractivity (Wildman–Crippen MR) is 111 cm³/mol. The SMILES string of the molecule is COc1ccccc1-c1coc2c3c(cc(O)c2c1=O)OC(=O)C[C@H]3c1cnn(C)c1. The van der Waals surface area contributed by atoms with Crippen molar-refractivity contribution in [2.24, 2.45) is 7.05 Å². The van der Waals surface area contributed by atoms with Crippen molar-refractivity contribution in [2.45, 2.75) is 12.3 Å². The van der Waals surface area contributed by atoms with Crippen LogP contribution in [0.25, 0.3) is 22.1 Å². The van der Waals surface area contributed by atoms with Gasteiger partial charge in [-0.3, -0.25) is 14.3 Å². The zero-order valence-electron chi connectivity index (χ0n) is 16.8. The van der Waals surface area contributed by atoms with Crippen LogP contribution in [-0.2, 0) is 11.8 Å². The molecule has 31 heavy (non-hydrogen) atoms. The van der Waals surface area contributed by atoms with Gasteiger partial charge in [-0.2, -0.15) is 5.10 Å². The first-order chi connectivity index (χ1) is 15.0. The molecule has 1 atom stereocenters. The summed E-state index contributed by atoms with van der Waals surface area (Å²) in [6.07, 6.45) is 4.87. The summed E-state index contributed by atoms with van der Waals surface area (Å²) in [6.45, 7) is 0. The quantitative estimate of drug-likeness (QED) is 0.402. The van der Waals surface area contributed by atoms with E-state index in [0.29, 0.717) is 16.9 Å². The van der Waals surface area contributed by atoms with Crippen LogP contribution >= 0.6 is 0 Å². The van der Waals surface area contributed by atoms with Gasteiger partial charge in [0.05, 0.1) is 25.3 Å². The minimum atomic E-state index is -0.437. The number of fused-ring (bicyclic) bond motifs is 3. The molecular formula is C23H18N2O6. The second-order valence-corrected chi connectivity index (χ2v) is 7.37. The number of aryl methyl sites for hydroxylation is 1. The van der Waals surface area contributed by atoms with Crippen molar-refractivity contribution in [1.29, 1.82) is 0 Å². The fourth-order valence-corrected chi connectivity index (χ4v) is 4.09. The fourth-order valence-electron chi connectivity index (χ4n) is 4.09. The molecule has 0 bridgehead atoms. The van der Waals surface area contributed by atoms with Crippen molar-refractivity contribution < 1.29 is 23.8 Å². The Kier molecular flexibility index (Phi) is 4.28. The Morgan fingerprint density at radius 1 is 1.23 bits per heavy atom. The average Bonchev–Trinajstić information content (AvgIpc) is 3.19. The van der Waals surface area contributed by atoms with E-state index >= 15 is 0 Å². The molecule has 1 aliphatic rings. The minimum Gasteiger partial charge on any atom is -0.507 e. The van der Waals surface area contributed by atoms with Gasteiger partial charge in [-0.1, -0.05) is 18.2 Å². The molecule has 0 spiro atoms. The number of benzene rings is 2. The average molecular weight is 418 g/mol. The number of phenolic OH excluding ortho intramolecular Hbond substituents is 1. The van der Waals surface area contributed by atoms with Crippen molar-refractivity contribution in [3.05, 3.63) is 70.3 Å².